The van der Waals surface area contributed by atoms with Gasteiger partial charge in [0.1, 0.15) is 5.54 Å². The average molecular weight is 374 g/mol. The summed E-state index contributed by atoms with van der Waals surface area (Å²) in [5.41, 5.74) is 5.51. The fourth-order valence-electron chi connectivity index (χ4n) is 5.76. The topological polar surface area (TPSA) is 58.7 Å². The van der Waals surface area contributed by atoms with E-state index in [0.717, 1.165) is 37.5 Å². The lowest BCUT2D eigenvalue weighted by atomic mass is 9.72. The van der Waals surface area contributed by atoms with E-state index < -0.39 is 5.54 Å². The van der Waals surface area contributed by atoms with Gasteiger partial charge in [-0.25, -0.2) is 4.99 Å². The first-order valence-electron chi connectivity index (χ1n) is 11.3. The molecule has 0 bridgehead atoms. The summed E-state index contributed by atoms with van der Waals surface area (Å²) in [7, 11) is 1.79. The number of allylic oxidation sites excluding steroid dienone is 1. The molecule has 0 unspecified atom stereocenters. The zero-order valence-corrected chi connectivity index (χ0v) is 17.3. The molecule has 1 aliphatic heterocycles. The molecule has 1 heterocycles. The molecule has 3 rings (SSSR count). The number of nitrogens with two attached hydrogens (primary N) is 1. The summed E-state index contributed by atoms with van der Waals surface area (Å²) in [6, 6.07) is 0. The Morgan fingerprint density at radius 1 is 1.11 bits per heavy atom. The summed E-state index contributed by atoms with van der Waals surface area (Å²) >= 11 is 0. The molecule has 4 nitrogen and oxygen atoms in total. The highest BCUT2D eigenvalue weighted by atomic mass is 16.2. The molecule has 3 aliphatic rings. The molecule has 0 aromatic rings. The fourth-order valence-corrected chi connectivity index (χ4v) is 5.76. The monoisotopic (exact) mass is 373 g/mol. The number of hydrogen-bond acceptors (Lipinski definition) is 3. The van der Waals surface area contributed by atoms with Gasteiger partial charge < -0.3 is 5.73 Å². The molecule has 2 aliphatic carbocycles. The molecule has 152 valence electrons. The van der Waals surface area contributed by atoms with E-state index in [1.165, 1.54) is 64.2 Å². The third kappa shape index (κ3) is 4.94. The molecule has 27 heavy (non-hydrogen) atoms. The SMILES string of the molecule is C=CCC[C@@H]1CCC[C@H](C[C@@]2(CCC3CCCCC3)N=C(N)N(C)C2=O)C1. The van der Waals surface area contributed by atoms with Crippen LogP contribution in [-0.4, -0.2) is 29.4 Å². The highest BCUT2D eigenvalue weighted by Gasteiger charge is 2.47. The van der Waals surface area contributed by atoms with Crippen molar-refractivity contribution in [3.8, 4) is 0 Å². The molecule has 0 spiro atoms. The van der Waals surface area contributed by atoms with Gasteiger partial charge in [-0.1, -0.05) is 57.4 Å². The maximum atomic E-state index is 13.2. The predicted molar refractivity (Wildman–Crippen MR) is 112 cm³/mol. The molecule has 0 saturated heterocycles. The van der Waals surface area contributed by atoms with Crippen LogP contribution in [0.4, 0.5) is 0 Å². The van der Waals surface area contributed by atoms with Crippen molar-refractivity contribution in [2.75, 3.05) is 7.05 Å². The third-order valence-corrected chi connectivity index (χ3v) is 7.36. The lowest BCUT2D eigenvalue weighted by Crippen LogP contribution is -2.44. The number of amides is 1. The summed E-state index contributed by atoms with van der Waals surface area (Å²) in [5, 5.41) is 0. The Labute approximate surface area is 165 Å². The minimum Gasteiger partial charge on any atom is -0.369 e. The van der Waals surface area contributed by atoms with Crippen LogP contribution in [0, 0.1) is 17.8 Å². The van der Waals surface area contributed by atoms with Gasteiger partial charge in [-0.05, 0) is 56.3 Å². The van der Waals surface area contributed by atoms with Gasteiger partial charge in [-0.3, -0.25) is 9.69 Å². The van der Waals surface area contributed by atoms with Crippen molar-refractivity contribution < 1.29 is 4.79 Å². The van der Waals surface area contributed by atoms with E-state index >= 15 is 0 Å². The Morgan fingerprint density at radius 3 is 2.48 bits per heavy atom. The van der Waals surface area contributed by atoms with Gasteiger partial charge in [-0.15, -0.1) is 6.58 Å². The Bertz CT molecular complexity index is 552. The second kappa shape index (κ2) is 9.25. The molecular formula is C23H39N3O. The highest BCUT2D eigenvalue weighted by Crippen LogP contribution is 2.42. The number of nitrogens with zero attached hydrogens (tertiary/aromatic N) is 2. The Morgan fingerprint density at radius 2 is 1.81 bits per heavy atom. The lowest BCUT2D eigenvalue weighted by Gasteiger charge is -2.35. The summed E-state index contributed by atoms with van der Waals surface area (Å²) in [4.78, 5) is 19.6. The second-order valence-electron chi connectivity index (χ2n) is 9.38. The highest BCUT2D eigenvalue weighted by molar-refractivity contribution is 6.06. The molecule has 4 heteroatoms. The van der Waals surface area contributed by atoms with Crippen LogP contribution in [0.15, 0.2) is 17.6 Å². The molecule has 0 aromatic carbocycles. The molecule has 3 atom stereocenters. The number of rotatable bonds is 8. The van der Waals surface area contributed by atoms with Crippen LogP contribution < -0.4 is 5.73 Å². The van der Waals surface area contributed by atoms with Gasteiger partial charge in [0.2, 0.25) is 0 Å². The number of carbonyl (C=O) groups is 1. The van der Waals surface area contributed by atoms with Gasteiger partial charge in [0.05, 0.1) is 0 Å². The molecular weight excluding hydrogens is 334 g/mol. The van der Waals surface area contributed by atoms with E-state index in [4.69, 9.17) is 10.7 Å². The van der Waals surface area contributed by atoms with Gasteiger partial charge >= 0.3 is 0 Å². The van der Waals surface area contributed by atoms with Crippen molar-refractivity contribution in [3.63, 3.8) is 0 Å². The summed E-state index contributed by atoms with van der Waals surface area (Å²) < 4.78 is 0. The van der Waals surface area contributed by atoms with Crippen molar-refractivity contribution in [2.45, 2.75) is 95.4 Å². The summed E-state index contributed by atoms with van der Waals surface area (Å²) in [6.07, 6.45) is 19.1. The van der Waals surface area contributed by atoms with Crippen LogP contribution in [0.25, 0.3) is 0 Å². The summed E-state index contributed by atoms with van der Waals surface area (Å²) in [5.74, 6) is 2.73. The van der Waals surface area contributed by atoms with E-state index in [9.17, 15) is 4.79 Å². The molecule has 2 N–H and O–H groups in total. The largest absolute Gasteiger partial charge is 0.369 e. The number of carbonyl (C=O) groups excluding carboxylic acids is 1. The number of likely N-dealkylation sites (N-methyl/N-ethyl adjacent to an activating group) is 1. The maximum Gasteiger partial charge on any atom is 0.257 e. The summed E-state index contributed by atoms with van der Waals surface area (Å²) in [6.45, 7) is 3.87. The van der Waals surface area contributed by atoms with Crippen LogP contribution in [0.5, 0.6) is 0 Å². The molecule has 1 amide bonds. The Hall–Kier alpha value is -1.32. The predicted octanol–water partition coefficient (Wildman–Crippen LogP) is 5.04. The molecule has 0 aromatic heterocycles. The minimum atomic E-state index is -0.582. The van der Waals surface area contributed by atoms with Gasteiger partial charge in [0, 0.05) is 7.05 Å². The van der Waals surface area contributed by atoms with E-state index in [0.29, 0.717) is 11.9 Å². The van der Waals surface area contributed by atoms with E-state index in [1.54, 1.807) is 11.9 Å². The van der Waals surface area contributed by atoms with Crippen molar-refractivity contribution in [3.05, 3.63) is 12.7 Å². The van der Waals surface area contributed by atoms with E-state index in [2.05, 4.69) is 6.58 Å². The van der Waals surface area contributed by atoms with Crippen molar-refractivity contribution >= 4 is 11.9 Å². The average Bonchev–Trinajstić information content (AvgIpc) is 2.90. The van der Waals surface area contributed by atoms with Crippen molar-refractivity contribution in [1.82, 2.24) is 4.90 Å². The second-order valence-corrected chi connectivity index (χ2v) is 9.38. The zero-order valence-electron chi connectivity index (χ0n) is 17.3. The molecule has 0 radical (unpaired) electrons. The van der Waals surface area contributed by atoms with E-state index in [1.807, 2.05) is 6.08 Å². The fraction of sp³-hybridized carbons (Fsp3) is 0.826. The van der Waals surface area contributed by atoms with Crippen LogP contribution in [0.1, 0.15) is 89.9 Å². The van der Waals surface area contributed by atoms with Gasteiger partial charge in [-0.2, -0.15) is 0 Å². The van der Waals surface area contributed by atoms with Gasteiger partial charge in [0.25, 0.3) is 5.91 Å². The quantitative estimate of drug-likeness (QED) is 0.606. The Balaban J connectivity index is 1.66. The van der Waals surface area contributed by atoms with Crippen molar-refractivity contribution in [1.29, 1.82) is 0 Å². The maximum absolute atomic E-state index is 13.2. The van der Waals surface area contributed by atoms with Crippen LogP contribution in [0.2, 0.25) is 0 Å². The minimum absolute atomic E-state index is 0.143. The van der Waals surface area contributed by atoms with Crippen LogP contribution >= 0.6 is 0 Å². The molecule has 2 saturated carbocycles. The number of guanidine groups is 1. The molecule has 2 fully saturated rings. The zero-order chi connectivity index (χ0) is 19.3. The van der Waals surface area contributed by atoms with E-state index in [-0.39, 0.29) is 5.91 Å². The smallest absolute Gasteiger partial charge is 0.257 e. The van der Waals surface area contributed by atoms with Crippen LogP contribution in [-0.2, 0) is 4.79 Å². The third-order valence-electron chi connectivity index (χ3n) is 7.36. The first-order chi connectivity index (χ1) is 13.0. The number of aliphatic imine (C=N–C) groups is 1. The lowest BCUT2D eigenvalue weighted by molar-refractivity contribution is -0.131. The normalized spacial score (nSPS) is 32.6. The van der Waals surface area contributed by atoms with Crippen LogP contribution in [0.3, 0.4) is 0 Å². The van der Waals surface area contributed by atoms with Crippen molar-refractivity contribution in [2.24, 2.45) is 28.5 Å². The first-order valence-corrected chi connectivity index (χ1v) is 11.3. The first kappa shape index (κ1) is 20.4. The number of hydrogen-bond donors (Lipinski definition) is 1. The Kier molecular flexibility index (Phi) is 6.99. The standard InChI is InChI=1S/C23H39N3O/c1-3-4-9-19-12-8-13-20(16-19)17-23(21(27)26(2)22(24)25-23)15-14-18-10-6-5-7-11-18/h3,18-20H,1,4-17H2,2H3,(H2,24,25)/t19-,20+,23-/m1/s1. The van der Waals surface area contributed by atoms with Gasteiger partial charge in [0.15, 0.2) is 5.96 Å².